The molecular formula is C21H30NO+. The molecule has 1 saturated heterocycles. The van der Waals surface area contributed by atoms with Crippen molar-refractivity contribution in [3.05, 3.63) is 42.5 Å². The van der Waals surface area contributed by atoms with E-state index in [1.165, 1.54) is 36.8 Å². The molecule has 0 aliphatic carbocycles. The van der Waals surface area contributed by atoms with E-state index in [2.05, 4.69) is 63.2 Å². The maximum Gasteiger partial charge on any atom is 0.127 e. The number of hydrogen-bond donors (Lipinski definition) is 1. The molecule has 2 nitrogen and oxygen atoms in total. The minimum atomic E-state index is 0.585. The van der Waals surface area contributed by atoms with Gasteiger partial charge in [-0.2, -0.15) is 0 Å². The minimum absolute atomic E-state index is 0.585. The van der Waals surface area contributed by atoms with Gasteiger partial charge in [0.2, 0.25) is 0 Å². The normalized spacial score (nSPS) is 26.1. The Kier molecular flexibility index (Phi) is 5.22. The molecule has 1 N–H and O–H groups in total. The Morgan fingerprint density at radius 2 is 1.74 bits per heavy atom. The third-order valence-electron chi connectivity index (χ3n) is 4.99. The van der Waals surface area contributed by atoms with E-state index in [4.69, 9.17) is 4.74 Å². The second-order valence-corrected chi connectivity index (χ2v) is 7.70. The summed E-state index contributed by atoms with van der Waals surface area (Å²) in [7, 11) is 0. The number of ether oxygens (including phenoxy) is 1. The topological polar surface area (TPSA) is 13.7 Å². The number of likely N-dealkylation sites (tertiary alicyclic amines) is 1. The van der Waals surface area contributed by atoms with E-state index in [-0.39, 0.29) is 0 Å². The van der Waals surface area contributed by atoms with Crippen LogP contribution in [0.1, 0.15) is 27.2 Å². The molecule has 2 aromatic carbocycles. The van der Waals surface area contributed by atoms with Crippen molar-refractivity contribution in [3.8, 4) is 5.75 Å². The van der Waals surface area contributed by atoms with Crippen molar-refractivity contribution < 1.29 is 9.64 Å². The summed E-state index contributed by atoms with van der Waals surface area (Å²) in [6, 6.07) is 14.8. The van der Waals surface area contributed by atoms with Crippen LogP contribution in [0.4, 0.5) is 0 Å². The van der Waals surface area contributed by atoms with E-state index in [1.54, 1.807) is 4.90 Å². The Balaban J connectivity index is 1.57. The van der Waals surface area contributed by atoms with E-state index in [0.717, 1.165) is 24.2 Å². The Hall–Kier alpha value is -1.54. The quantitative estimate of drug-likeness (QED) is 0.893. The molecule has 0 radical (unpaired) electrons. The minimum Gasteiger partial charge on any atom is -0.492 e. The molecule has 0 saturated carbocycles. The molecule has 2 heteroatoms. The van der Waals surface area contributed by atoms with Crippen molar-refractivity contribution in [2.45, 2.75) is 27.2 Å². The number of nitrogens with one attached hydrogen (secondary N) is 1. The predicted molar refractivity (Wildman–Crippen MR) is 97.1 cm³/mol. The second kappa shape index (κ2) is 7.35. The molecule has 0 spiro atoms. The lowest BCUT2D eigenvalue weighted by molar-refractivity contribution is -0.915. The lowest BCUT2D eigenvalue weighted by atomic mass is 9.91. The summed E-state index contributed by atoms with van der Waals surface area (Å²) in [5.41, 5.74) is 0. The lowest BCUT2D eigenvalue weighted by Gasteiger charge is -2.33. The van der Waals surface area contributed by atoms with Gasteiger partial charge in [0.1, 0.15) is 5.75 Å². The Bertz CT molecular complexity index is 623. The summed E-state index contributed by atoms with van der Waals surface area (Å²) in [4.78, 5) is 1.75. The van der Waals surface area contributed by atoms with Crippen molar-refractivity contribution >= 4 is 10.8 Å². The zero-order valence-corrected chi connectivity index (χ0v) is 14.7. The van der Waals surface area contributed by atoms with Gasteiger partial charge in [-0.1, -0.05) is 57.2 Å². The monoisotopic (exact) mass is 312 g/mol. The van der Waals surface area contributed by atoms with Crippen LogP contribution in [-0.2, 0) is 0 Å². The van der Waals surface area contributed by atoms with Gasteiger partial charge in [0.25, 0.3) is 0 Å². The molecule has 1 unspecified atom stereocenters. The molecule has 1 fully saturated rings. The number of fused-ring (bicyclic) bond motifs is 1. The van der Waals surface area contributed by atoms with Crippen LogP contribution >= 0.6 is 0 Å². The molecule has 1 heterocycles. The van der Waals surface area contributed by atoms with Crippen molar-refractivity contribution in [1.82, 2.24) is 0 Å². The first-order valence-corrected chi connectivity index (χ1v) is 9.06. The molecule has 0 amide bonds. The van der Waals surface area contributed by atoms with Gasteiger partial charge < -0.3 is 9.64 Å². The second-order valence-electron chi connectivity index (χ2n) is 7.70. The number of piperidine rings is 1. The first-order chi connectivity index (χ1) is 11.1. The van der Waals surface area contributed by atoms with E-state index >= 15 is 0 Å². The molecule has 4 atom stereocenters. The summed E-state index contributed by atoms with van der Waals surface area (Å²) in [6.45, 7) is 11.8. The van der Waals surface area contributed by atoms with Crippen LogP contribution in [-0.4, -0.2) is 26.2 Å². The van der Waals surface area contributed by atoms with Crippen LogP contribution in [0, 0.1) is 17.8 Å². The first-order valence-electron chi connectivity index (χ1n) is 9.06. The van der Waals surface area contributed by atoms with E-state index < -0.39 is 0 Å². The van der Waals surface area contributed by atoms with Crippen LogP contribution in [0.2, 0.25) is 0 Å². The molecule has 3 rings (SSSR count). The summed E-state index contributed by atoms with van der Waals surface area (Å²) < 4.78 is 6.16. The number of rotatable bonds is 5. The summed E-state index contributed by atoms with van der Waals surface area (Å²) in [5, 5.41) is 2.47. The Morgan fingerprint density at radius 1 is 1.04 bits per heavy atom. The fourth-order valence-corrected chi connectivity index (χ4v) is 4.19. The van der Waals surface area contributed by atoms with Gasteiger partial charge in [0.05, 0.1) is 26.2 Å². The van der Waals surface area contributed by atoms with Gasteiger partial charge in [0.15, 0.2) is 0 Å². The van der Waals surface area contributed by atoms with Crippen molar-refractivity contribution in [2.75, 3.05) is 26.2 Å². The van der Waals surface area contributed by atoms with E-state index in [0.29, 0.717) is 5.92 Å². The largest absolute Gasteiger partial charge is 0.492 e. The molecule has 1 aliphatic heterocycles. The third kappa shape index (κ3) is 4.26. The van der Waals surface area contributed by atoms with E-state index in [1.807, 2.05) is 0 Å². The maximum absolute atomic E-state index is 6.16. The SMILES string of the molecule is C[C@@H]1C[C@H](C)C[NH+](C[C@@H](C)COc2cccc3ccccc23)C1. The number of benzene rings is 2. The Morgan fingerprint density at radius 3 is 2.52 bits per heavy atom. The van der Waals surface area contributed by atoms with Crippen LogP contribution in [0.15, 0.2) is 42.5 Å². The summed E-state index contributed by atoms with van der Waals surface area (Å²) in [5.74, 6) is 3.33. The molecule has 0 aromatic heterocycles. The van der Waals surface area contributed by atoms with Gasteiger partial charge in [-0.25, -0.2) is 0 Å². The van der Waals surface area contributed by atoms with Gasteiger partial charge >= 0.3 is 0 Å². The van der Waals surface area contributed by atoms with Crippen molar-refractivity contribution in [3.63, 3.8) is 0 Å². The molecule has 124 valence electrons. The van der Waals surface area contributed by atoms with E-state index in [9.17, 15) is 0 Å². The highest BCUT2D eigenvalue weighted by atomic mass is 16.5. The maximum atomic E-state index is 6.16. The fourth-order valence-electron chi connectivity index (χ4n) is 4.19. The van der Waals surface area contributed by atoms with Crippen LogP contribution < -0.4 is 9.64 Å². The number of quaternary nitrogens is 1. The zero-order valence-electron chi connectivity index (χ0n) is 14.7. The lowest BCUT2D eigenvalue weighted by Crippen LogP contribution is -3.15. The van der Waals surface area contributed by atoms with Gasteiger partial charge in [0, 0.05) is 23.1 Å². The standard InChI is InChI=1S/C21H29NO/c1-16-11-17(2)13-22(12-16)14-18(3)15-23-21-10-6-8-19-7-4-5-9-20(19)21/h4-10,16-18H,11-15H2,1-3H3/p+1/t16-,17+,18-/m1/s1. The first kappa shape index (κ1) is 16.3. The molecule has 1 aliphatic rings. The van der Waals surface area contributed by atoms with Gasteiger partial charge in [-0.15, -0.1) is 0 Å². The van der Waals surface area contributed by atoms with Crippen LogP contribution in [0.25, 0.3) is 10.8 Å². The van der Waals surface area contributed by atoms with Crippen molar-refractivity contribution in [2.24, 2.45) is 17.8 Å². The Labute approximate surface area is 140 Å². The summed E-state index contributed by atoms with van der Waals surface area (Å²) >= 11 is 0. The highest BCUT2D eigenvalue weighted by Crippen LogP contribution is 2.25. The van der Waals surface area contributed by atoms with Crippen LogP contribution in [0.5, 0.6) is 5.75 Å². The molecular weight excluding hydrogens is 282 g/mol. The van der Waals surface area contributed by atoms with Crippen LogP contribution in [0.3, 0.4) is 0 Å². The summed E-state index contributed by atoms with van der Waals surface area (Å²) in [6.07, 6.45) is 1.39. The smallest absolute Gasteiger partial charge is 0.127 e. The average Bonchev–Trinajstić information content (AvgIpc) is 2.52. The predicted octanol–water partition coefficient (Wildman–Crippen LogP) is 3.42. The van der Waals surface area contributed by atoms with Gasteiger partial charge in [-0.05, 0) is 17.9 Å². The van der Waals surface area contributed by atoms with Crippen molar-refractivity contribution in [1.29, 1.82) is 0 Å². The van der Waals surface area contributed by atoms with Gasteiger partial charge in [-0.3, -0.25) is 0 Å². The molecule has 23 heavy (non-hydrogen) atoms. The fraction of sp³-hybridized carbons (Fsp3) is 0.524. The molecule has 0 bridgehead atoms. The highest BCUT2D eigenvalue weighted by molar-refractivity contribution is 5.88. The zero-order chi connectivity index (χ0) is 16.2. The molecule has 2 aromatic rings. The highest BCUT2D eigenvalue weighted by Gasteiger charge is 2.26. The number of hydrogen-bond acceptors (Lipinski definition) is 1. The third-order valence-corrected chi connectivity index (χ3v) is 4.99. The average molecular weight is 312 g/mol.